The highest BCUT2D eigenvalue weighted by Crippen LogP contribution is 2.21. The molecule has 1 saturated heterocycles. The van der Waals surface area contributed by atoms with Crippen molar-refractivity contribution in [1.29, 1.82) is 0 Å². The maximum absolute atomic E-state index is 11.8. The van der Waals surface area contributed by atoms with Crippen molar-refractivity contribution in [3.8, 4) is 5.75 Å². The van der Waals surface area contributed by atoms with Crippen molar-refractivity contribution in [3.63, 3.8) is 0 Å². The van der Waals surface area contributed by atoms with Gasteiger partial charge in [-0.05, 0) is 18.2 Å². The first-order chi connectivity index (χ1) is 9.10. The lowest BCUT2D eigenvalue weighted by molar-refractivity contribution is -0.145. The zero-order chi connectivity index (χ0) is 13.8. The molecule has 0 bridgehead atoms. The number of carbonyl (C=O) groups is 2. The smallest absolute Gasteiger partial charge is 0.338 e. The fraction of sp³-hybridized carbons (Fsp3) is 0.429. The highest BCUT2D eigenvalue weighted by atomic mass is 16.6. The molecule has 1 aliphatic rings. The van der Waals surface area contributed by atoms with Gasteiger partial charge in [0.1, 0.15) is 18.5 Å². The normalized spacial score (nSPS) is 21.9. The van der Waals surface area contributed by atoms with Crippen molar-refractivity contribution in [3.05, 3.63) is 29.8 Å². The van der Waals surface area contributed by atoms with Crippen LogP contribution >= 0.6 is 0 Å². The number of carbonyl (C=O) groups excluding carboxylic acids is 2. The van der Waals surface area contributed by atoms with Gasteiger partial charge in [0.2, 0.25) is 0 Å². The third-order valence-corrected chi connectivity index (χ3v) is 3.01. The molecule has 1 heterocycles. The van der Waals surface area contributed by atoms with Crippen LogP contribution in [0.15, 0.2) is 24.3 Å². The van der Waals surface area contributed by atoms with Crippen molar-refractivity contribution >= 4 is 11.9 Å². The van der Waals surface area contributed by atoms with Gasteiger partial charge < -0.3 is 14.2 Å². The minimum Gasteiger partial charge on any atom is -0.497 e. The Hall–Kier alpha value is -2.04. The number of esters is 2. The molecule has 5 heteroatoms. The summed E-state index contributed by atoms with van der Waals surface area (Å²) in [6.45, 7) is 1.89. The van der Waals surface area contributed by atoms with E-state index < -0.39 is 5.97 Å². The quantitative estimate of drug-likeness (QED) is 0.776. The van der Waals surface area contributed by atoms with E-state index in [1.54, 1.807) is 31.2 Å². The lowest BCUT2D eigenvalue weighted by atomic mass is 10.1. The van der Waals surface area contributed by atoms with Gasteiger partial charge >= 0.3 is 11.9 Å². The Morgan fingerprint density at radius 3 is 2.89 bits per heavy atom. The number of benzene rings is 1. The molecular weight excluding hydrogens is 248 g/mol. The molecule has 2 rings (SSSR count). The van der Waals surface area contributed by atoms with Crippen molar-refractivity contribution in [2.24, 2.45) is 5.92 Å². The highest BCUT2D eigenvalue weighted by Gasteiger charge is 2.31. The average molecular weight is 264 g/mol. The number of ether oxygens (including phenoxy) is 3. The summed E-state index contributed by atoms with van der Waals surface area (Å²) in [7, 11) is 1.53. The van der Waals surface area contributed by atoms with Crippen LogP contribution in [0.2, 0.25) is 0 Å². The Kier molecular flexibility index (Phi) is 4.04. The number of hydrogen-bond acceptors (Lipinski definition) is 5. The molecule has 0 aliphatic carbocycles. The monoisotopic (exact) mass is 264 g/mol. The van der Waals surface area contributed by atoms with Crippen LogP contribution in [0.1, 0.15) is 23.7 Å². The van der Waals surface area contributed by atoms with Crippen molar-refractivity contribution < 1.29 is 23.8 Å². The van der Waals surface area contributed by atoms with E-state index in [-0.39, 0.29) is 24.6 Å². The molecule has 0 aromatic heterocycles. The molecule has 0 spiro atoms. The molecule has 1 aromatic rings. The third kappa shape index (κ3) is 3.24. The van der Waals surface area contributed by atoms with Gasteiger partial charge in [-0.15, -0.1) is 0 Å². The summed E-state index contributed by atoms with van der Waals surface area (Å²) in [5.74, 6) is -0.215. The second kappa shape index (κ2) is 5.73. The van der Waals surface area contributed by atoms with Crippen LogP contribution in [0.3, 0.4) is 0 Å². The molecule has 0 N–H and O–H groups in total. The first-order valence-electron chi connectivity index (χ1n) is 6.12. The summed E-state index contributed by atoms with van der Waals surface area (Å²) < 4.78 is 15.2. The van der Waals surface area contributed by atoms with Gasteiger partial charge in [0.05, 0.1) is 18.6 Å². The minimum absolute atomic E-state index is 0.0894. The molecule has 1 aromatic carbocycles. The van der Waals surface area contributed by atoms with E-state index in [9.17, 15) is 9.59 Å². The van der Waals surface area contributed by atoms with Crippen LogP contribution in [-0.4, -0.2) is 31.8 Å². The van der Waals surface area contributed by atoms with E-state index in [0.29, 0.717) is 17.7 Å². The van der Waals surface area contributed by atoms with E-state index in [2.05, 4.69) is 0 Å². The van der Waals surface area contributed by atoms with Crippen LogP contribution in [0.4, 0.5) is 0 Å². The van der Waals surface area contributed by atoms with Crippen LogP contribution in [0, 0.1) is 5.92 Å². The number of rotatable bonds is 4. The predicted octanol–water partition coefficient (Wildman–Crippen LogP) is 1.80. The zero-order valence-electron chi connectivity index (χ0n) is 10.9. The SMILES string of the molecule is COc1cccc(C(=O)OCC2CC(C)C(=O)O2)c1. The third-order valence-electron chi connectivity index (χ3n) is 3.01. The van der Waals surface area contributed by atoms with E-state index in [4.69, 9.17) is 14.2 Å². The lowest BCUT2D eigenvalue weighted by Gasteiger charge is -2.10. The summed E-state index contributed by atoms with van der Waals surface area (Å²) in [4.78, 5) is 23.0. The van der Waals surface area contributed by atoms with Gasteiger partial charge in [0.25, 0.3) is 0 Å². The zero-order valence-corrected chi connectivity index (χ0v) is 10.9. The largest absolute Gasteiger partial charge is 0.497 e. The molecule has 19 heavy (non-hydrogen) atoms. The molecule has 2 unspecified atom stereocenters. The van der Waals surface area contributed by atoms with Gasteiger partial charge in [-0.1, -0.05) is 13.0 Å². The van der Waals surface area contributed by atoms with Crippen LogP contribution in [0.5, 0.6) is 5.75 Å². The molecule has 5 nitrogen and oxygen atoms in total. The van der Waals surface area contributed by atoms with Crippen LogP contribution < -0.4 is 4.74 Å². The first-order valence-corrected chi connectivity index (χ1v) is 6.12. The maximum atomic E-state index is 11.8. The molecule has 102 valence electrons. The Morgan fingerprint density at radius 1 is 1.47 bits per heavy atom. The van der Waals surface area contributed by atoms with Gasteiger partial charge in [-0.3, -0.25) is 4.79 Å². The molecule has 0 amide bonds. The lowest BCUT2D eigenvalue weighted by Crippen LogP contribution is -2.18. The second-order valence-corrected chi connectivity index (χ2v) is 4.53. The van der Waals surface area contributed by atoms with E-state index in [1.807, 2.05) is 0 Å². The Bertz CT molecular complexity index is 482. The second-order valence-electron chi connectivity index (χ2n) is 4.53. The minimum atomic E-state index is -0.450. The average Bonchev–Trinajstić information content (AvgIpc) is 2.75. The van der Waals surface area contributed by atoms with E-state index in [0.717, 1.165) is 0 Å². The first kappa shape index (κ1) is 13.4. The molecule has 2 atom stereocenters. The molecular formula is C14H16O5. The predicted molar refractivity (Wildman–Crippen MR) is 66.9 cm³/mol. The maximum Gasteiger partial charge on any atom is 0.338 e. The molecule has 1 fully saturated rings. The number of hydrogen-bond donors (Lipinski definition) is 0. The fourth-order valence-corrected chi connectivity index (χ4v) is 1.92. The summed E-state index contributed by atoms with van der Waals surface area (Å²) in [6, 6.07) is 6.71. The van der Waals surface area contributed by atoms with Gasteiger partial charge in [-0.2, -0.15) is 0 Å². The summed E-state index contributed by atoms with van der Waals surface area (Å²) in [6.07, 6.45) is 0.251. The van der Waals surface area contributed by atoms with Gasteiger partial charge in [0.15, 0.2) is 0 Å². The Balaban J connectivity index is 1.89. The molecule has 1 aliphatic heterocycles. The standard InChI is InChI=1S/C14H16O5/c1-9-6-12(19-13(9)15)8-18-14(16)10-4-3-5-11(7-10)17-2/h3-5,7,9,12H,6,8H2,1-2H3. The fourth-order valence-electron chi connectivity index (χ4n) is 1.92. The van der Waals surface area contributed by atoms with Crippen molar-refractivity contribution in [1.82, 2.24) is 0 Å². The van der Waals surface area contributed by atoms with Crippen LogP contribution in [0.25, 0.3) is 0 Å². The number of methoxy groups -OCH3 is 1. The van der Waals surface area contributed by atoms with Gasteiger partial charge in [0, 0.05) is 6.42 Å². The summed E-state index contributed by atoms with van der Waals surface area (Å²) >= 11 is 0. The van der Waals surface area contributed by atoms with Gasteiger partial charge in [-0.25, -0.2) is 4.79 Å². The summed E-state index contributed by atoms with van der Waals surface area (Å²) in [5.41, 5.74) is 0.414. The number of cyclic esters (lactones) is 1. The molecule has 0 radical (unpaired) electrons. The Labute approximate surface area is 111 Å². The van der Waals surface area contributed by atoms with E-state index >= 15 is 0 Å². The van der Waals surface area contributed by atoms with Crippen LogP contribution in [-0.2, 0) is 14.3 Å². The van der Waals surface area contributed by atoms with Crippen molar-refractivity contribution in [2.75, 3.05) is 13.7 Å². The summed E-state index contributed by atoms with van der Waals surface area (Å²) in [5, 5.41) is 0. The van der Waals surface area contributed by atoms with E-state index in [1.165, 1.54) is 7.11 Å². The topological polar surface area (TPSA) is 61.8 Å². The molecule has 0 saturated carbocycles. The van der Waals surface area contributed by atoms with Crippen molar-refractivity contribution in [2.45, 2.75) is 19.4 Å². The Morgan fingerprint density at radius 2 is 2.26 bits per heavy atom. The highest BCUT2D eigenvalue weighted by molar-refractivity contribution is 5.89.